The van der Waals surface area contributed by atoms with Crippen molar-refractivity contribution in [3.05, 3.63) is 92.1 Å². The Morgan fingerprint density at radius 3 is 2.54 bits per heavy atom. The lowest BCUT2D eigenvalue weighted by Crippen LogP contribution is -2.39. The maximum atomic E-state index is 13.3. The van der Waals surface area contributed by atoms with Gasteiger partial charge in [0.15, 0.2) is 11.2 Å². The smallest absolute Gasteiger partial charge is 0.320 e. The van der Waals surface area contributed by atoms with Crippen LogP contribution in [0.4, 0.5) is 4.39 Å². The van der Waals surface area contributed by atoms with Crippen molar-refractivity contribution in [2.24, 2.45) is 0 Å². The molecule has 2 heterocycles. The third kappa shape index (κ3) is 3.03. The topological polar surface area (TPSA) is 61.8 Å². The van der Waals surface area contributed by atoms with E-state index in [2.05, 4.69) is 4.98 Å². The van der Waals surface area contributed by atoms with Crippen molar-refractivity contribution in [2.75, 3.05) is 0 Å². The van der Waals surface area contributed by atoms with Crippen LogP contribution in [0.1, 0.15) is 12.5 Å². The maximum Gasteiger partial charge on any atom is 0.337 e. The molecule has 142 valence electrons. The fourth-order valence-electron chi connectivity index (χ4n) is 3.23. The zero-order valence-electron chi connectivity index (χ0n) is 15.0. The summed E-state index contributed by atoms with van der Waals surface area (Å²) in [5, 5.41) is 0.594. The fourth-order valence-corrected chi connectivity index (χ4v) is 3.45. The molecular formula is C20H16ClFN4O2. The Hall–Kier alpha value is -3.19. The van der Waals surface area contributed by atoms with Gasteiger partial charge in [0, 0.05) is 18.1 Å². The minimum absolute atomic E-state index is 0.206. The number of hydrogen-bond acceptors (Lipinski definition) is 3. The quantitative estimate of drug-likeness (QED) is 0.530. The molecule has 6 nitrogen and oxygen atoms in total. The fraction of sp³-hybridized carbons (Fsp3) is 0.150. The number of fused-ring (bicyclic) bond motifs is 1. The van der Waals surface area contributed by atoms with E-state index >= 15 is 0 Å². The molecule has 0 amide bonds. The molecule has 0 saturated heterocycles. The summed E-state index contributed by atoms with van der Waals surface area (Å²) in [6.07, 6.45) is 1.52. The van der Waals surface area contributed by atoms with Gasteiger partial charge in [0.05, 0.1) is 12.0 Å². The second-order valence-corrected chi connectivity index (χ2v) is 6.75. The van der Waals surface area contributed by atoms with E-state index in [-0.39, 0.29) is 12.2 Å². The summed E-state index contributed by atoms with van der Waals surface area (Å²) < 4.78 is 17.5. The maximum absolute atomic E-state index is 13.3. The second kappa shape index (κ2) is 7.09. The zero-order chi connectivity index (χ0) is 19.8. The number of benzene rings is 2. The standard InChI is InChI=1S/C20H16ClFN4O2/c1-2-25-19(27)17-18(26(20(25)28)16-8-6-15(22)7-9-16)23-12-24(17)11-13-4-3-5-14(21)10-13/h3-10,12H,2,11H2,1H3. The van der Waals surface area contributed by atoms with Gasteiger partial charge in [0.25, 0.3) is 5.56 Å². The Bertz CT molecular complexity index is 1290. The van der Waals surface area contributed by atoms with E-state index in [1.54, 1.807) is 17.6 Å². The Morgan fingerprint density at radius 1 is 1.11 bits per heavy atom. The van der Waals surface area contributed by atoms with Gasteiger partial charge in [-0.05, 0) is 48.9 Å². The minimum Gasteiger partial charge on any atom is -0.320 e. The molecule has 28 heavy (non-hydrogen) atoms. The molecule has 4 rings (SSSR count). The second-order valence-electron chi connectivity index (χ2n) is 6.32. The van der Waals surface area contributed by atoms with E-state index in [0.29, 0.717) is 22.8 Å². The third-order valence-corrected chi connectivity index (χ3v) is 4.78. The van der Waals surface area contributed by atoms with Gasteiger partial charge in [-0.1, -0.05) is 23.7 Å². The first-order chi connectivity index (χ1) is 13.5. The highest BCUT2D eigenvalue weighted by Crippen LogP contribution is 2.17. The molecule has 4 aromatic rings. The summed E-state index contributed by atoms with van der Waals surface area (Å²) in [6, 6.07) is 12.8. The number of aromatic nitrogens is 4. The lowest BCUT2D eigenvalue weighted by Gasteiger charge is -2.11. The molecule has 0 radical (unpaired) electrons. The molecule has 0 aliphatic heterocycles. The number of rotatable bonds is 4. The van der Waals surface area contributed by atoms with Gasteiger partial charge in [0.1, 0.15) is 5.82 Å². The lowest BCUT2D eigenvalue weighted by atomic mass is 10.2. The molecule has 0 aliphatic carbocycles. The van der Waals surface area contributed by atoms with Crippen LogP contribution in [0.2, 0.25) is 5.02 Å². The normalized spacial score (nSPS) is 11.2. The van der Waals surface area contributed by atoms with E-state index in [1.807, 2.05) is 18.2 Å². The van der Waals surface area contributed by atoms with E-state index in [4.69, 9.17) is 11.6 Å². The third-order valence-electron chi connectivity index (χ3n) is 4.54. The summed E-state index contributed by atoms with van der Waals surface area (Å²) in [5.74, 6) is -0.414. The molecule has 2 aromatic carbocycles. The highest BCUT2D eigenvalue weighted by atomic mass is 35.5. The molecule has 0 atom stereocenters. The molecule has 2 aromatic heterocycles. The first-order valence-corrected chi connectivity index (χ1v) is 9.08. The first kappa shape index (κ1) is 18.2. The number of halogens is 2. The Kier molecular flexibility index (Phi) is 4.60. The van der Waals surface area contributed by atoms with Gasteiger partial charge in [-0.3, -0.25) is 9.36 Å². The number of imidazole rings is 1. The van der Waals surface area contributed by atoms with Crippen LogP contribution in [0.3, 0.4) is 0 Å². The van der Waals surface area contributed by atoms with Crippen LogP contribution >= 0.6 is 11.6 Å². The molecule has 8 heteroatoms. The van der Waals surface area contributed by atoms with Crippen molar-refractivity contribution in [1.82, 2.24) is 18.7 Å². The summed E-state index contributed by atoms with van der Waals surface area (Å²) in [6.45, 7) is 2.30. The zero-order valence-corrected chi connectivity index (χ0v) is 15.7. The van der Waals surface area contributed by atoms with Gasteiger partial charge in [-0.25, -0.2) is 18.7 Å². The van der Waals surface area contributed by atoms with E-state index < -0.39 is 17.1 Å². The van der Waals surface area contributed by atoms with Crippen LogP contribution in [0.25, 0.3) is 16.9 Å². The first-order valence-electron chi connectivity index (χ1n) is 8.70. The Morgan fingerprint density at radius 2 is 1.86 bits per heavy atom. The van der Waals surface area contributed by atoms with Crippen LogP contribution in [0, 0.1) is 5.82 Å². The van der Waals surface area contributed by atoms with Gasteiger partial charge >= 0.3 is 5.69 Å². The molecule has 0 bridgehead atoms. The van der Waals surface area contributed by atoms with Crippen molar-refractivity contribution >= 4 is 22.8 Å². The molecule has 0 saturated carbocycles. The monoisotopic (exact) mass is 398 g/mol. The Balaban J connectivity index is 1.98. The largest absolute Gasteiger partial charge is 0.337 e. The van der Waals surface area contributed by atoms with Crippen LogP contribution < -0.4 is 11.2 Å². The molecule has 0 unspecified atom stereocenters. The average molecular weight is 399 g/mol. The van der Waals surface area contributed by atoms with Crippen LogP contribution in [0.15, 0.2) is 64.4 Å². The minimum atomic E-state index is -0.514. The van der Waals surface area contributed by atoms with Gasteiger partial charge in [-0.2, -0.15) is 0 Å². The van der Waals surface area contributed by atoms with Crippen LogP contribution in [-0.2, 0) is 13.1 Å². The van der Waals surface area contributed by atoms with Crippen molar-refractivity contribution in [2.45, 2.75) is 20.0 Å². The van der Waals surface area contributed by atoms with Crippen molar-refractivity contribution in [1.29, 1.82) is 0 Å². The van der Waals surface area contributed by atoms with Crippen molar-refractivity contribution in [3.63, 3.8) is 0 Å². The van der Waals surface area contributed by atoms with Gasteiger partial charge in [0.2, 0.25) is 0 Å². The predicted molar refractivity (Wildman–Crippen MR) is 106 cm³/mol. The van der Waals surface area contributed by atoms with Crippen LogP contribution in [-0.4, -0.2) is 18.7 Å². The lowest BCUT2D eigenvalue weighted by molar-refractivity contribution is 0.626. The van der Waals surface area contributed by atoms with Crippen molar-refractivity contribution < 1.29 is 4.39 Å². The Labute approximate surface area is 164 Å². The molecule has 0 spiro atoms. The van der Waals surface area contributed by atoms with Gasteiger partial charge < -0.3 is 4.57 Å². The molecule has 0 N–H and O–H groups in total. The van der Waals surface area contributed by atoms with Gasteiger partial charge in [-0.15, -0.1) is 0 Å². The molecule has 0 fully saturated rings. The predicted octanol–water partition coefficient (Wildman–Crippen LogP) is 3.21. The average Bonchev–Trinajstić information content (AvgIpc) is 3.07. The highest BCUT2D eigenvalue weighted by Gasteiger charge is 2.18. The van der Waals surface area contributed by atoms with E-state index in [9.17, 15) is 14.0 Å². The highest BCUT2D eigenvalue weighted by molar-refractivity contribution is 6.30. The number of hydrogen-bond donors (Lipinski definition) is 0. The molecule has 0 aliphatic rings. The summed E-state index contributed by atoms with van der Waals surface area (Å²) in [4.78, 5) is 30.2. The van der Waals surface area contributed by atoms with E-state index in [0.717, 1.165) is 10.1 Å². The number of nitrogens with zero attached hydrogens (tertiary/aromatic N) is 4. The summed E-state index contributed by atoms with van der Waals surface area (Å²) in [7, 11) is 0. The summed E-state index contributed by atoms with van der Waals surface area (Å²) >= 11 is 6.05. The van der Waals surface area contributed by atoms with Crippen molar-refractivity contribution in [3.8, 4) is 5.69 Å². The van der Waals surface area contributed by atoms with E-state index in [1.165, 1.54) is 35.2 Å². The van der Waals surface area contributed by atoms with Crippen LogP contribution in [0.5, 0.6) is 0 Å². The molecular weight excluding hydrogens is 383 g/mol. The summed E-state index contributed by atoms with van der Waals surface area (Å²) in [5.41, 5.74) is 0.930. The SMILES string of the molecule is CCn1c(=O)c2c(ncn2Cc2cccc(Cl)c2)n(-c2ccc(F)cc2)c1=O.